The lowest BCUT2D eigenvalue weighted by Gasteiger charge is -2.34. The van der Waals surface area contributed by atoms with Crippen molar-refractivity contribution in [2.24, 2.45) is 4.99 Å². The van der Waals surface area contributed by atoms with Gasteiger partial charge in [-0.3, -0.25) is 9.89 Å². The highest BCUT2D eigenvalue weighted by Gasteiger charge is 2.16. The van der Waals surface area contributed by atoms with E-state index in [1.807, 2.05) is 6.92 Å². The van der Waals surface area contributed by atoms with Crippen LogP contribution in [-0.2, 0) is 11.3 Å². The highest BCUT2D eigenvalue weighted by Crippen LogP contribution is 2.09. The molecule has 0 saturated carbocycles. The van der Waals surface area contributed by atoms with Crippen LogP contribution in [-0.4, -0.2) is 81.3 Å². The first-order chi connectivity index (χ1) is 13.8. The molecule has 166 valence electrons. The van der Waals surface area contributed by atoms with Crippen molar-refractivity contribution in [2.75, 3.05) is 65.6 Å². The molecule has 0 unspecified atom stereocenters. The van der Waals surface area contributed by atoms with Crippen molar-refractivity contribution in [3.05, 3.63) is 35.9 Å². The van der Waals surface area contributed by atoms with E-state index in [0.29, 0.717) is 0 Å². The number of hydrogen-bond donors (Lipinski definition) is 2. The van der Waals surface area contributed by atoms with E-state index in [2.05, 4.69) is 62.7 Å². The smallest absolute Gasteiger partial charge is 0.191 e. The Bertz CT molecular complexity index is 535. The van der Waals surface area contributed by atoms with Gasteiger partial charge in [0.05, 0.1) is 6.61 Å². The Kier molecular flexibility index (Phi) is 15.2. The summed E-state index contributed by atoms with van der Waals surface area (Å²) in [7, 11) is 0. The Labute approximate surface area is 194 Å². The number of aliphatic imine (C=N–C) groups is 1. The third-order valence-electron chi connectivity index (χ3n) is 4.95. The molecule has 0 radical (unpaired) electrons. The Morgan fingerprint density at radius 2 is 1.72 bits per heavy atom. The van der Waals surface area contributed by atoms with Gasteiger partial charge in [-0.05, 0) is 38.8 Å². The zero-order valence-corrected chi connectivity index (χ0v) is 20.6. The van der Waals surface area contributed by atoms with Gasteiger partial charge in [0, 0.05) is 59.0 Å². The maximum absolute atomic E-state index is 5.36. The van der Waals surface area contributed by atoms with Gasteiger partial charge in [0.15, 0.2) is 5.96 Å². The van der Waals surface area contributed by atoms with Crippen molar-refractivity contribution in [1.29, 1.82) is 0 Å². The molecule has 0 aromatic heterocycles. The first kappa shape index (κ1) is 26.1. The fourth-order valence-corrected chi connectivity index (χ4v) is 3.38. The van der Waals surface area contributed by atoms with Crippen molar-refractivity contribution in [1.82, 2.24) is 20.4 Å². The second kappa shape index (κ2) is 16.8. The molecule has 0 spiro atoms. The van der Waals surface area contributed by atoms with E-state index in [4.69, 9.17) is 4.74 Å². The van der Waals surface area contributed by atoms with Crippen LogP contribution in [0.25, 0.3) is 0 Å². The van der Waals surface area contributed by atoms with Crippen molar-refractivity contribution in [3.63, 3.8) is 0 Å². The topological polar surface area (TPSA) is 52.1 Å². The molecule has 29 heavy (non-hydrogen) atoms. The molecule has 1 aromatic carbocycles. The molecular weight excluding hydrogens is 477 g/mol. The van der Waals surface area contributed by atoms with E-state index < -0.39 is 0 Å². The van der Waals surface area contributed by atoms with Crippen LogP contribution in [0.5, 0.6) is 0 Å². The average molecular weight is 518 g/mol. The maximum Gasteiger partial charge on any atom is 0.191 e. The van der Waals surface area contributed by atoms with Crippen LogP contribution >= 0.6 is 24.0 Å². The van der Waals surface area contributed by atoms with Gasteiger partial charge in [0.2, 0.25) is 0 Å². The molecular formula is C22H40IN5O. The van der Waals surface area contributed by atoms with Crippen LogP contribution in [0, 0.1) is 0 Å². The summed E-state index contributed by atoms with van der Waals surface area (Å²) in [4.78, 5) is 9.82. The van der Waals surface area contributed by atoms with E-state index in [1.54, 1.807) is 0 Å². The predicted octanol–water partition coefficient (Wildman–Crippen LogP) is 2.79. The molecule has 1 saturated heterocycles. The van der Waals surface area contributed by atoms with Gasteiger partial charge in [-0.2, -0.15) is 0 Å². The molecule has 0 aliphatic carbocycles. The minimum Gasteiger partial charge on any atom is -0.380 e. The van der Waals surface area contributed by atoms with Gasteiger partial charge in [0.1, 0.15) is 0 Å². The molecule has 1 aromatic rings. The number of benzene rings is 1. The summed E-state index contributed by atoms with van der Waals surface area (Å²) < 4.78 is 5.36. The van der Waals surface area contributed by atoms with Crippen LogP contribution in [0.2, 0.25) is 0 Å². The molecule has 0 atom stereocenters. The van der Waals surface area contributed by atoms with Crippen LogP contribution < -0.4 is 10.6 Å². The van der Waals surface area contributed by atoms with Crippen molar-refractivity contribution < 1.29 is 4.74 Å². The molecule has 1 fully saturated rings. The summed E-state index contributed by atoms with van der Waals surface area (Å²) in [6.07, 6.45) is 2.34. The minimum absolute atomic E-state index is 0. The van der Waals surface area contributed by atoms with Crippen molar-refractivity contribution in [2.45, 2.75) is 33.2 Å². The van der Waals surface area contributed by atoms with Gasteiger partial charge in [-0.25, -0.2) is 0 Å². The second-order valence-corrected chi connectivity index (χ2v) is 7.19. The largest absolute Gasteiger partial charge is 0.380 e. The number of unbranched alkanes of at least 4 members (excludes halogenated alkanes) is 1. The number of rotatable bonds is 12. The van der Waals surface area contributed by atoms with Crippen LogP contribution in [0.3, 0.4) is 0 Å². The van der Waals surface area contributed by atoms with Gasteiger partial charge in [-0.1, -0.05) is 30.3 Å². The lowest BCUT2D eigenvalue weighted by molar-refractivity contribution is 0.126. The Hall–Kier alpha value is -0.900. The molecule has 1 aliphatic rings. The number of nitrogens with one attached hydrogen (secondary N) is 2. The van der Waals surface area contributed by atoms with Gasteiger partial charge < -0.3 is 20.3 Å². The molecule has 2 N–H and O–H groups in total. The molecule has 7 heteroatoms. The lowest BCUT2D eigenvalue weighted by Crippen LogP contribution is -2.46. The summed E-state index contributed by atoms with van der Waals surface area (Å²) in [6, 6.07) is 10.8. The van der Waals surface area contributed by atoms with Crippen LogP contribution in [0.15, 0.2) is 35.3 Å². The van der Waals surface area contributed by atoms with E-state index in [1.165, 1.54) is 44.7 Å². The minimum atomic E-state index is 0. The quantitative estimate of drug-likeness (QED) is 0.193. The second-order valence-electron chi connectivity index (χ2n) is 7.19. The van der Waals surface area contributed by atoms with Gasteiger partial charge in [-0.15, -0.1) is 24.0 Å². The standard InChI is InChI=1S/C22H39N5O.HI/c1-3-23-22(25-13-19-28-4-2)24-12-8-9-14-26-15-17-27(18-16-26)20-21-10-6-5-7-11-21;/h5-7,10-11H,3-4,8-9,12-20H2,1-2H3,(H2,23,24,25);1H. The summed E-state index contributed by atoms with van der Waals surface area (Å²) in [5.41, 5.74) is 1.42. The first-order valence-corrected chi connectivity index (χ1v) is 10.9. The van der Waals surface area contributed by atoms with Gasteiger partial charge in [0.25, 0.3) is 0 Å². The zero-order valence-electron chi connectivity index (χ0n) is 18.2. The normalized spacial score (nSPS) is 15.7. The Morgan fingerprint density at radius 1 is 1.00 bits per heavy atom. The zero-order chi connectivity index (χ0) is 19.9. The van der Waals surface area contributed by atoms with Gasteiger partial charge >= 0.3 is 0 Å². The average Bonchev–Trinajstić information content (AvgIpc) is 2.73. The molecule has 0 amide bonds. The SMILES string of the molecule is CCNC(=NCCCCN1CCN(Cc2ccccc2)CC1)NCCOCC.I. The predicted molar refractivity (Wildman–Crippen MR) is 133 cm³/mol. The van der Waals surface area contributed by atoms with E-state index in [0.717, 1.165) is 51.8 Å². The maximum atomic E-state index is 5.36. The summed E-state index contributed by atoms with van der Waals surface area (Å²) in [5, 5.41) is 6.61. The van der Waals surface area contributed by atoms with Crippen LogP contribution in [0.4, 0.5) is 0 Å². The monoisotopic (exact) mass is 517 g/mol. The first-order valence-electron chi connectivity index (χ1n) is 10.9. The number of guanidine groups is 1. The fraction of sp³-hybridized carbons (Fsp3) is 0.682. The summed E-state index contributed by atoms with van der Waals surface area (Å²) in [5.74, 6) is 0.900. The summed E-state index contributed by atoms with van der Waals surface area (Å²) >= 11 is 0. The molecule has 2 rings (SSSR count). The highest BCUT2D eigenvalue weighted by atomic mass is 127. The molecule has 6 nitrogen and oxygen atoms in total. The Morgan fingerprint density at radius 3 is 2.41 bits per heavy atom. The van der Waals surface area contributed by atoms with E-state index >= 15 is 0 Å². The third-order valence-corrected chi connectivity index (χ3v) is 4.95. The Balaban J connectivity index is 0.00000420. The van der Waals surface area contributed by atoms with E-state index in [-0.39, 0.29) is 24.0 Å². The molecule has 0 bridgehead atoms. The van der Waals surface area contributed by atoms with Crippen molar-refractivity contribution >= 4 is 29.9 Å². The number of ether oxygens (including phenoxy) is 1. The third kappa shape index (κ3) is 11.8. The fourth-order valence-electron chi connectivity index (χ4n) is 3.38. The number of piperazine rings is 1. The number of nitrogens with zero attached hydrogens (tertiary/aromatic N) is 3. The van der Waals surface area contributed by atoms with Crippen molar-refractivity contribution in [3.8, 4) is 0 Å². The highest BCUT2D eigenvalue weighted by molar-refractivity contribution is 14.0. The lowest BCUT2D eigenvalue weighted by atomic mass is 10.2. The molecule has 1 aliphatic heterocycles. The summed E-state index contributed by atoms with van der Waals surface area (Å²) in [6.45, 7) is 15.1. The number of halogens is 1. The van der Waals surface area contributed by atoms with E-state index in [9.17, 15) is 0 Å². The molecule has 1 heterocycles. The number of hydrogen-bond acceptors (Lipinski definition) is 4. The van der Waals surface area contributed by atoms with Crippen LogP contribution in [0.1, 0.15) is 32.3 Å².